The molecule has 6 rings (SSSR count). The lowest BCUT2D eigenvalue weighted by atomic mass is 9.99. The van der Waals surface area contributed by atoms with Crippen molar-refractivity contribution in [3.63, 3.8) is 0 Å². The van der Waals surface area contributed by atoms with E-state index in [4.69, 9.17) is 14.6 Å². The monoisotopic (exact) mass is 596 g/mol. The van der Waals surface area contributed by atoms with Crippen molar-refractivity contribution < 1.29 is 19.1 Å². The van der Waals surface area contributed by atoms with Crippen molar-refractivity contribution in [3.8, 4) is 22.7 Å². The molecule has 222 valence electrons. The number of thioether (sulfide) groups is 1. The van der Waals surface area contributed by atoms with Crippen molar-refractivity contribution in [1.82, 2.24) is 15.1 Å². The smallest absolute Gasteiger partial charge is 0.240 e. The molecule has 1 saturated heterocycles. The maximum Gasteiger partial charge on any atom is 0.240 e. The highest BCUT2D eigenvalue weighted by molar-refractivity contribution is 8.00. The van der Waals surface area contributed by atoms with E-state index in [1.165, 1.54) is 11.8 Å². The summed E-state index contributed by atoms with van der Waals surface area (Å²) < 4.78 is 13.4. The van der Waals surface area contributed by atoms with E-state index in [1.807, 2.05) is 78.3 Å². The second-order valence-electron chi connectivity index (χ2n) is 11.0. The molecule has 3 heterocycles. The average Bonchev–Trinajstić information content (AvgIpc) is 3.65. The van der Waals surface area contributed by atoms with Gasteiger partial charge < -0.3 is 14.8 Å². The Morgan fingerprint density at radius 1 is 1.09 bits per heavy atom. The predicted octanol–water partition coefficient (Wildman–Crippen LogP) is 5.63. The molecule has 9 heteroatoms. The minimum atomic E-state index is -0.273. The van der Waals surface area contributed by atoms with Gasteiger partial charge in [0.1, 0.15) is 18.1 Å². The number of benzene rings is 3. The van der Waals surface area contributed by atoms with Crippen LogP contribution >= 0.6 is 11.8 Å². The van der Waals surface area contributed by atoms with Crippen molar-refractivity contribution in [2.24, 2.45) is 0 Å². The number of hydrogen-bond acceptors (Lipinski definition) is 6. The lowest BCUT2D eigenvalue weighted by Gasteiger charge is -2.24. The van der Waals surface area contributed by atoms with Crippen LogP contribution in [0.25, 0.3) is 16.9 Å². The van der Waals surface area contributed by atoms with E-state index >= 15 is 0 Å². The fourth-order valence-corrected chi connectivity index (χ4v) is 7.12. The number of aryl methyl sites for hydroxylation is 2. The predicted molar refractivity (Wildman–Crippen MR) is 170 cm³/mol. The zero-order valence-corrected chi connectivity index (χ0v) is 25.5. The lowest BCUT2D eigenvalue weighted by Crippen LogP contribution is -2.44. The summed E-state index contributed by atoms with van der Waals surface area (Å²) in [6.45, 7) is 5.12. The highest BCUT2D eigenvalue weighted by Gasteiger charge is 2.38. The molecule has 0 aliphatic carbocycles. The summed E-state index contributed by atoms with van der Waals surface area (Å²) in [5, 5.41) is 7.95. The molecule has 0 spiro atoms. The Balaban J connectivity index is 1.55. The Morgan fingerprint density at radius 3 is 2.63 bits per heavy atom. The molecule has 0 radical (unpaired) electrons. The van der Waals surface area contributed by atoms with Gasteiger partial charge in [-0.3, -0.25) is 14.5 Å². The second kappa shape index (κ2) is 12.7. The highest BCUT2D eigenvalue weighted by Crippen LogP contribution is 2.50. The van der Waals surface area contributed by atoms with Crippen LogP contribution in [0, 0.1) is 13.8 Å². The largest absolute Gasteiger partial charge is 0.496 e. The number of fused-ring (bicyclic) bond motifs is 1. The van der Waals surface area contributed by atoms with Crippen molar-refractivity contribution in [2.75, 3.05) is 37.5 Å². The summed E-state index contributed by atoms with van der Waals surface area (Å²) in [4.78, 5) is 29.0. The second-order valence-corrected chi connectivity index (χ2v) is 12.1. The van der Waals surface area contributed by atoms with E-state index in [-0.39, 0.29) is 35.5 Å². The summed E-state index contributed by atoms with van der Waals surface area (Å²) in [5.74, 6) is 1.15. The molecule has 2 unspecified atom stereocenters. The first kappa shape index (κ1) is 29.0. The van der Waals surface area contributed by atoms with Gasteiger partial charge in [-0.1, -0.05) is 66.2 Å². The third kappa shape index (κ3) is 5.92. The van der Waals surface area contributed by atoms with Crippen LogP contribution in [0.5, 0.6) is 5.75 Å². The molecule has 1 aromatic heterocycles. The van der Waals surface area contributed by atoms with Crippen molar-refractivity contribution in [3.05, 3.63) is 95.1 Å². The molecule has 4 aromatic rings. The van der Waals surface area contributed by atoms with Gasteiger partial charge in [0.2, 0.25) is 11.8 Å². The maximum absolute atomic E-state index is 14.0. The van der Waals surface area contributed by atoms with Crippen LogP contribution < -0.4 is 15.0 Å². The fraction of sp³-hybridized carbons (Fsp3) is 0.324. The summed E-state index contributed by atoms with van der Waals surface area (Å²) in [6, 6.07) is 24.1. The number of nitrogens with one attached hydrogen (secondary N) is 1. The molecule has 8 nitrogen and oxygen atoms in total. The van der Waals surface area contributed by atoms with Gasteiger partial charge in [0.15, 0.2) is 0 Å². The van der Waals surface area contributed by atoms with Crippen molar-refractivity contribution in [1.29, 1.82) is 0 Å². The van der Waals surface area contributed by atoms with Crippen LogP contribution in [-0.2, 0) is 14.3 Å². The number of amides is 2. The third-order valence-electron chi connectivity index (χ3n) is 7.99. The molecule has 3 aromatic carbocycles. The number of methoxy groups -OCH3 is 1. The van der Waals surface area contributed by atoms with Crippen LogP contribution in [-0.4, -0.2) is 60.3 Å². The summed E-state index contributed by atoms with van der Waals surface area (Å²) in [7, 11) is 1.66. The van der Waals surface area contributed by atoms with Gasteiger partial charge in [-0.25, -0.2) is 4.68 Å². The zero-order valence-electron chi connectivity index (χ0n) is 24.7. The first-order valence-electron chi connectivity index (χ1n) is 14.6. The van der Waals surface area contributed by atoms with Gasteiger partial charge in [-0.05, 0) is 44.4 Å². The van der Waals surface area contributed by atoms with Crippen LogP contribution in [0.3, 0.4) is 0 Å². The van der Waals surface area contributed by atoms with Crippen LogP contribution in [0.1, 0.15) is 40.3 Å². The number of nitrogens with zero attached hydrogens (tertiary/aromatic N) is 3. The molecule has 1 fully saturated rings. The van der Waals surface area contributed by atoms with Crippen LogP contribution in [0.15, 0.2) is 72.8 Å². The van der Waals surface area contributed by atoms with Gasteiger partial charge in [-0.15, -0.1) is 11.8 Å². The lowest BCUT2D eigenvalue weighted by molar-refractivity contribution is -0.123. The molecule has 1 N–H and O–H groups in total. The van der Waals surface area contributed by atoms with Gasteiger partial charge in [0.05, 0.1) is 35.6 Å². The maximum atomic E-state index is 14.0. The van der Waals surface area contributed by atoms with Crippen molar-refractivity contribution in [2.45, 2.75) is 38.0 Å². The molecular formula is C34H36N4O4S. The van der Waals surface area contributed by atoms with E-state index in [1.54, 1.807) is 12.0 Å². The molecular weight excluding hydrogens is 560 g/mol. The van der Waals surface area contributed by atoms with Crippen LogP contribution in [0.4, 0.5) is 5.82 Å². The van der Waals surface area contributed by atoms with E-state index in [2.05, 4.69) is 18.3 Å². The standard InChI is InChI=1S/C34H36N4O4S/c1-22-15-16-27(23(2)18-22)38-34-31(32(36-38)24-10-5-4-6-11-24)33(26-13-7-8-14-28(26)41-3)43-21-30(40)37(34)20-29(39)35-19-25-12-9-17-42-25/h4-8,10-11,13-16,18,25,33H,9,12,17,19-21H2,1-3H3,(H,35,39). The quantitative estimate of drug-likeness (QED) is 0.284. The number of rotatable bonds is 8. The molecule has 2 aliphatic heterocycles. The Kier molecular flexibility index (Phi) is 8.54. The number of para-hydroxylation sites is 1. The summed E-state index contributed by atoms with van der Waals surface area (Å²) in [5.41, 5.74) is 6.52. The summed E-state index contributed by atoms with van der Waals surface area (Å²) in [6.07, 6.45) is 1.92. The zero-order chi connectivity index (χ0) is 29.9. The SMILES string of the molecule is COc1ccccc1C1SCC(=O)N(CC(=O)NCC2CCCO2)c2c1c(-c1ccccc1)nn2-c1ccc(C)cc1C. The number of aromatic nitrogens is 2. The number of ether oxygens (including phenoxy) is 2. The molecule has 0 bridgehead atoms. The number of carbonyl (C=O) groups is 2. The average molecular weight is 597 g/mol. The Morgan fingerprint density at radius 2 is 1.88 bits per heavy atom. The molecule has 43 heavy (non-hydrogen) atoms. The minimum Gasteiger partial charge on any atom is -0.496 e. The topological polar surface area (TPSA) is 85.7 Å². The van der Waals surface area contributed by atoms with E-state index in [0.29, 0.717) is 19.0 Å². The van der Waals surface area contributed by atoms with E-state index in [0.717, 1.165) is 57.8 Å². The molecule has 2 amide bonds. The third-order valence-corrected chi connectivity index (χ3v) is 9.23. The van der Waals surface area contributed by atoms with Crippen LogP contribution in [0.2, 0.25) is 0 Å². The Hall–Kier alpha value is -4.08. The number of carbonyl (C=O) groups excluding carboxylic acids is 2. The normalized spacial score (nSPS) is 18.3. The Labute approximate surface area is 256 Å². The highest BCUT2D eigenvalue weighted by atomic mass is 32.2. The first-order chi connectivity index (χ1) is 20.9. The minimum absolute atomic E-state index is 0.00949. The molecule has 2 atom stereocenters. The van der Waals surface area contributed by atoms with Gasteiger partial charge in [-0.2, -0.15) is 5.10 Å². The van der Waals surface area contributed by atoms with Gasteiger partial charge in [0.25, 0.3) is 0 Å². The van der Waals surface area contributed by atoms with Gasteiger partial charge in [0, 0.05) is 29.8 Å². The van der Waals surface area contributed by atoms with Gasteiger partial charge >= 0.3 is 0 Å². The molecule has 2 aliphatic rings. The summed E-state index contributed by atoms with van der Waals surface area (Å²) >= 11 is 1.53. The number of anilines is 1. The van der Waals surface area contributed by atoms with E-state index in [9.17, 15) is 9.59 Å². The fourth-order valence-electron chi connectivity index (χ4n) is 5.90. The number of hydrogen-bond donors (Lipinski definition) is 1. The first-order valence-corrected chi connectivity index (χ1v) is 15.7. The van der Waals surface area contributed by atoms with E-state index < -0.39 is 0 Å². The van der Waals surface area contributed by atoms with Crippen molar-refractivity contribution >= 4 is 29.4 Å². The molecule has 0 saturated carbocycles. The Bertz CT molecular complexity index is 1630.